The van der Waals surface area contributed by atoms with Crippen molar-refractivity contribution in [1.29, 1.82) is 0 Å². The molecule has 0 saturated heterocycles. The number of rotatable bonds is 10. The molecule has 0 rings (SSSR count). The van der Waals surface area contributed by atoms with Gasteiger partial charge in [-0.1, -0.05) is 6.92 Å². The van der Waals surface area contributed by atoms with Crippen molar-refractivity contribution >= 4 is 5.91 Å². The molecule has 6 heteroatoms. The van der Waals surface area contributed by atoms with Gasteiger partial charge < -0.3 is 25.0 Å². The SMILES string of the molecule is CCCOCCOCCNC(=O)C(O)C(C)O. The van der Waals surface area contributed by atoms with Gasteiger partial charge in [0.25, 0.3) is 5.91 Å². The van der Waals surface area contributed by atoms with Gasteiger partial charge in [0.1, 0.15) is 0 Å². The van der Waals surface area contributed by atoms with Crippen LogP contribution >= 0.6 is 0 Å². The van der Waals surface area contributed by atoms with Crippen LogP contribution in [0.15, 0.2) is 0 Å². The Bertz CT molecular complexity index is 198. The van der Waals surface area contributed by atoms with Crippen LogP contribution in [0.5, 0.6) is 0 Å². The van der Waals surface area contributed by atoms with Crippen molar-refractivity contribution in [3.05, 3.63) is 0 Å². The van der Waals surface area contributed by atoms with Gasteiger partial charge in [-0.25, -0.2) is 0 Å². The van der Waals surface area contributed by atoms with Gasteiger partial charge in [-0.3, -0.25) is 4.79 Å². The van der Waals surface area contributed by atoms with Gasteiger partial charge in [0, 0.05) is 13.2 Å². The minimum absolute atomic E-state index is 0.302. The molecule has 0 aliphatic carbocycles. The second-order valence-corrected chi connectivity index (χ2v) is 3.70. The van der Waals surface area contributed by atoms with E-state index in [1.165, 1.54) is 6.92 Å². The lowest BCUT2D eigenvalue weighted by atomic mass is 10.2. The summed E-state index contributed by atoms with van der Waals surface area (Å²) in [6.07, 6.45) is -1.48. The Balaban J connectivity index is 3.31. The molecule has 2 unspecified atom stereocenters. The Hall–Kier alpha value is -0.690. The fourth-order valence-corrected chi connectivity index (χ4v) is 1.04. The van der Waals surface area contributed by atoms with Gasteiger partial charge >= 0.3 is 0 Å². The zero-order valence-corrected chi connectivity index (χ0v) is 10.5. The fraction of sp³-hybridized carbons (Fsp3) is 0.909. The number of carbonyl (C=O) groups is 1. The summed E-state index contributed by atoms with van der Waals surface area (Å²) in [7, 11) is 0. The van der Waals surface area contributed by atoms with Gasteiger partial charge in [0.2, 0.25) is 0 Å². The summed E-state index contributed by atoms with van der Waals surface area (Å²) in [6.45, 7) is 5.79. The van der Waals surface area contributed by atoms with Gasteiger partial charge in [-0.15, -0.1) is 0 Å². The standard InChI is InChI=1S/C11H23NO5/c1-3-5-16-7-8-17-6-4-12-11(15)10(14)9(2)13/h9-10,13-14H,3-8H2,1-2H3,(H,12,15). The number of hydrogen-bond acceptors (Lipinski definition) is 5. The number of aliphatic hydroxyl groups excluding tert-OH is 2. The van der Waals surface area contributed by atoms with E-state index >= 15 is 0 Å². The summed E-state index contributed by atoms with van der Waals surface area (Å²) in [5.74, 6) is -0.592. The highest BCUT2D eigenvalue weighted by Gasteiger charge is 2.19. The molecule has 17 heavy (non-hydrogen) atoms. The number of amides is 1. The molecule has 0 fully saturated rings. The molecule has 102 valence electrons. The summed E-state index contributed by atoms with van der Waals surface area (Å²) in [5, 5.41) is 20.6. The van der Waals surface area contributed by atoms with E-state index in [1.54, 1.807) is 0 Å². The highest BCUT2D eigenvalue weighted by atomic mass is 16.5. The zero-order chi connectivity index (χ0) is 13.1. The smallest absolute Gasteiger partial charge is 0.251 e. The largest absolute Gasteiger partial charge is 0.390 e. The van der Waals surface area contributed by atoms with Crippen molar-refractivity contribution in [2.45, 2.75) is 32.5 Å². The Morgan fingerprint density at radius 2 is 1.76 bits per heavy atom. The molecular weight excluding hydrogens is 226 g/mol. The van der Waals surface area contributed by atoms with E-state index in [1.807, 2.05) is 6.92 Å². The first kappa shape index (κ1) is 16.3. The molecule has 0 bridgehead atoms. The fourth-order valence-electron chi connectivity index (χ4n) is 1.04. The van der Waals surface area contributed by atoms with Crippen LogP contribution in [0.1, 0.15) is 20.3 Å². The summed E-state index contributed by atoms with van der Waals surface area (Å²) in [4.78, 5) is 11.2. The molecule has 0 spiro atoms. The van der Waals surface area contributed by atoms with Crippen molar-refractivity contribution in [1.82, 2.24) is 5.32 Å². The highest BCUT2D eigenvalue weighted by molar-refractivity contribution is 5.80. The van der Waals surface area contributed by atoms with Crippen LogP contribution in [-0.2, 0) is 14.3 Å². The van der Waals surface area contributed by atoms with Crippen LogP contribution in [0.25, 0.3) is 0 Å². The highest BCUT2D eigenvalue weighted by Crippen LogP contribution is 1.91. The number of nitrogens with one attached hydrogen (secondary N) is 1. The van der Waals surface area contributed by atoms with Crippen molar-refractivity contribution < 1.29 is 24.5 Å². The lowest BCUT2D eigenvalue weighted by Crippen LogP contribution is -2.42. The van der Waals surface area contributed by atoms with Gasteiger partial charge in [-0.2, -0.15) is 0 Å². The maximum Gasteiger partial charge on any atom is 0.251 e. The van der Waals surface area contributed by atoms with Crippen LogP contribution in [0.3, 0.4) is 0 Å². The molecule has 0 saturated carbocycles. The number of hydrogen-bond donors (Lipinski definition) is 3. The Kier molecular flexibility index (Phi) is 10.0. The molecule has 0 radical (unpaired) electrons. The third-order valence-corrected chi connectivity index (χ3v) is 1.99. The first-order valence-corrected chi connectivity index (χ1v) is 5.89. The average Bonchev–Trinajstić information content (AvgIpc) is 2.31. The van der Waals surface area contributed by atoms with Gasteiger partial charge in [0.05, 0.1) is 25.9 Å². The predicted molar refractivity (Wildman–Crippen MR) is 62.6 cm³/mol. The first-order valence-electron chi connectivity index (χ1n) is 5.89. The van der Waals surface area contributed by atoms with E-state index in [4.69, 9.17) is 14.6 Å². The summed E-state index contributed by atoms with van der Waals surface area (Å²) in [6, 6.07) is 0. The Labute approximate surface area is 102 Å². The minimum atomic E-state index is -1.39. The maximum absolute atomic E-state index is 11.2. The van der Waals surface area contributed by atoms with E-state index in [-0.39, 0.29) is 0 Å². The van der Waals surface area contributed by atoms with Crippen LogP contribution in [-0.4, -0.2) is 61.3 Å². The van der Waals surface area contributed by atoms with Crippen molar-refractivity contribution in [2.75, 3.05) is 33.0 Å². The van der Waals surface area contributed by atoms with Crippen LogP contribution in [0.2, 0.25) is 0 Å². The Morgan fingerprint density at radius 3 is 2.29 bits per heavy atom. The van der Waals surface area contributed by atoms with Crippen molar-refractivity contribution in [3.63, 3.8) is 0 Å². The molecule has 0 heterocycles. The second kappa shape index (κ2) is 10.5. The van der Waals surface area contributed by atoms with E-state index in [9.17, 15) is 9.90 Å². The van der Waals surface area contributed by atoms with E-state index in [2.05, 4.69) is 5.32 Å². The first-order chi connectivity index (χ1) is 8.09. The molecule has 1 amide bonds. The van der Waals surface area contributed by atoms with Crippen molar-refractivity contribution in [3.8, 4) is 0 Å². The summed E-state index contributed by atoms with van der Waals surface area (Å²) >= 11 is 0. The minimum Gasteiger partial charge on any atom is -0.390 e. The topological polar surface area (TPSA) is 88.0 Å². The molecule has 2 atom stereocenters. The second-order valence-electron chi connectivity index (χ2n) is 3.70. The summed E-state index contributed by atoms with van der Waals surface area (Å²) < 4.78 is 10.4. The molecule has 0 aromatic heterocycles. The van der Waals surface area contributed by atoms with Crippen LogP contribution in [0.4, 0.5) is 0 Å². The monoisotopic (exact) mass is 249 g/mol. The molecule has 0 aromatic carbocycles. The van der Waals surface area contributed by atoms with Crippen LogP contribution < -0.4 is 5.32 Å². The lowest BCUT2D eigenvalue weighted by Gasteiger charge is -2.13. The average molecular weight is 249 g/mol. The van der Waals surface area contributed by atoms with E-state index in [0.29, 0.717) is 26.4 Å². The molecule has 0 aliphatic heterocycles. The number of carbonyl (C=O) groups excluding carboxylic acids is 1. The molecule has 3 N–H and O–H groups in total. The number of ether oxygens (including phenoxy) is 2. The van der Waals surface area contributed by atoms with E-state index < -0.39 is 18.1 Å². The number of aliphatic hydroxyl groups is 2. The van der Waals surface area contributed by atoms with Gasteiger partial charge in [-0.05, 0) is 13.3 Å². The predicted octanol–water partition coefficient (Wildman–Crippen LogP) is -0.712. The third kappa shape index (κ3) is 9.05. The Morgan fingerprint density at radius 1 is 1.18 bits per heavy atom. The summed E-state index contributed by atoms with van der Waals surface area (Å²) in [5.41, 5.74) is 0. The van der Waals surface area contributed by atoms with E-state index in [0.717, 1.165) is 13.0 Å². The zero-order valence-electron chi connectivity index (χ0n) is 10.5. The third-order valence-electron chi connectivity index (χ3n) is 1.99. The van der Waals surface area contributed by atoms with Crippen LogP contribution in [0, 0.1) is 0 Å². The molecule has 0 aromatic rings. The molecule has 0 aliphatic rings. The molecular formula is C11H23NO5. The quantitative estimate of drug-likeness (QED) is 0.445. The molecule has 6 nitrogen and oxygen atoms in total. The lowest BCUT2D eigenvalue weighted by molar-refractivity contribution is -0.134. The van der Waals surface area contributed by atoms with Gasteiger partial charge in [0.15, 0.2) is 6.10 Å². The normalized spacial score (nSPS) is 14.4. The maximum atomic E-state index is 11.2. The van der Waals surface area contributed by atoms with Crippen molar-refractivity contribution in [2.24, 2.45) is 0 Å².